The Labute approximate surface area is 138 Å². The fourth-order valence-electron chi connectivity index (χ4n) is 3.25. The molecule has 1 aromatic heterocycles. The van der Waals surface area contributed by atoms with Crippen LogP contribution in [-0.2, 0) is 10.2 Å². The van der Waals surface area contributed by atoms with Gasteiger partial charge in [-0.15, -0.1) is 0 Å². The Kier molecular flexibility index (Phi) is 4.20. The number of nitrogens with zero attached hydrogens (tertiary/aromatic N) is 2. The average Bonchev–Trinajstić information content (AvgIpc) is 2.62. The van der Waals surface area contributed by atoms with E-state index in [-0.39, 0.29) is 17.3 Å². The van der Waals surface area contributed by atoms with E-state index in [1.807, 2.05) is 0 Å². The Bertz CT molecular complexity index is 786. The minimum Gasteiger partial charge on any atom is -0.298 e. The van der Waals surface area contributed by atoms with Crippen LogP contribution in [0.4, 0.5) is 5.69 Å². The molecule has 1 aliphatic carbocycles. The zero-order valence-electron chi connectivity index (χ0n) is 13.0. The first-order valence-electron chi connectivity index (χ1n) is 7.80. The average molecular weight is 324 g/mol. The summed E-state index contributed by atoms with van der Waals surface area (Å²) in [5.74, 6) is -0.461. The van der Waals surface area contributed by atoms with Crippen molar-refractivity contribution in [1.29, 1.82) is 0 Å². The summed E-state index contributed by atoms with van der Waals surface area (Å²) in [5, 5.41) is 10.8. The molecule has 0 saturated heterocycles. The van der Waals surface area contributed by atoms with Crippen LogP contribution >= 0.6 is 0 Å². The number of nitro groups is 1. The van der Waals surface area contributed by atoms with Crippen LogP contribution in [0.5, 0.6) is 0 Å². The van der Waals surface area contributed by atoms with Gasteiger partial charge in [0.2, 0.25) is 0 Å². The molecule has 0 N–H and O–H groups in total. The lowest BCUT2D eigenvalue weighted by atomic mass is 9.66. The Morgan fingerprint density at radius 2 is 1.88 bits per heavy atom. The molecule has 1 unspecified atom stereocenters. The standard InChI is InChI=1S/C18H16N2O4/c21-16-6-1-3-11-18(16,15-5-2-4-12-19-15)17(22)13-7-9-14(10-8-13)20(23)24/h2,4-5,7-10,12H,1,3,6,11H2. The van der Waals surface area contributed by atoms with E-state index < -0.39 is 10.3 Å². The van der Waals surface area contributed by atoms with Gasteiger partial charge in [0.05, 0.1) is 10.6 Å². The number of ketones is 2. The minimum atomic E-state index is -1.28. The van der Waals surface area contributed by atoms with E-state index in [9.17, 15) is 19.7 Å². The molecule has 122 valence electrons. The number of carbonyl (C=O) groups is 2. The summed E-state index contributed by atoms with van der Waals surface area (Å²) in [6.07, 6.45) is 3.86. The molecule has 1 aromatic carbocycles. The molecule has 1 fully saturated rings. The smallest absolute Gasteiger partial charge is 0.269 e. The third-order valence-corrected chi connectivity index (χ3v) is 4.51. The van der Waals surface area contributed by atoms with Gasteiger partial charge >= 0.3 is 0 Å². The molecular formula is C18H16N2O4. The van der Waals surface area contributed by atoms with Gasteiger partial charge < -0.3 is 0 Å². The number of non-ortho nitro benzene ring substituents is 1. The van der Waals surface area contributed by atoms with Crippen LogP contribution in [0.1, 0.15) is 41.7 Å². The van der Waals surface area contributed by atoms with E-state index in [4.69, 9.17) is 0 Å². The highest BCUT2D eigenvalue weighted by atomic mass is 16.6. The van der Waals surface area contributed by atoms with Crippen LogP contribution in [0, 0.1) is 10.1 Å². The van der Waals surface area contributed by atoms with Crippen molar-refractivity contribution < 1.29 is 14.5 Å². The van der Waals surface area contributed by atoms with Crippen molar-refractivity contribution >= 4 is 17.3 Å². The number of hydrogen-bond acceptors (Lipinski definition) is 5. The molecule has 1 saturated carbocycles. The van der Waals surface area contributed by atoms with Gasteiger partial charge in [-0.25, -0.2) is 0 Å². The fraction of sp³-hybridized carbons (Fsp3) is 0.278. The third kappa shape index (κ3) is 2.60. The lowest BCUT2D eigenvalue weighted by Gasteiger charge is -2.33. The Balaban J connectivity index is 2.07. The third-order valence-electron chi connectivity index (χ3n) is 4.51. The summed E-state index contributed by atoms with van der Waals surface area (Å²) in [4.78, 5) is 40.4. The number of rotatable bonds is 4. The predicted octanol–water partition coefficient (Wildman–Crippen LogP) is 3.25. The Morgan fingerprint density at radius 3 is 2.46 bits per heavy atom. The van der Waals surface area contributed by atoms with Gasteiger partial charge in [-0.2, -0.15) is 0 Å². The van der Waals surface area contributed by atoms with Crippen molar-refractivity contribution in [2.75, 3.05) is 0 Å². The highest BCUT2D eigenvalue weighted by Gasteiger charge is 2.49. The molecule has 1 heterocycles. The van der Waals surface area contributed by atoms with E-state index in [1.54, 1.807) is 24.4 Å². The molecule has 0 aliphatic heterocycles. The SMILES string of the molecule is O=C1CCCCC1(C(=O)c1ccc([N+](=O)[O-])cc1)c1ccccn1. The molecular weight excluding hydrogens is 308 g/mol. The van der Waals surface area contributed by atoms with Gasteiger partial charge in [0.15, 0.2) is 11.6 Å². The molecule has 1 aliphatic rings. The van der Waals surface area contributed by atoms with Gasteiger partial charge in [0, 0.05) is 30.3 Å². The quantitative estimate of drug-likeness (QED) is 0.373. The maximum atomic E-state index is 13.2. The Hall–Kier alpha value is -2.89. The molecule has 0 bridgehead atoms. The van der Waals surface area contributed by atoms with Gasteiger partial charge in [0.1, 0.15) is 5.41 Å². The fourth-order valence-corrected chi connectivity index (χ4v) is 3.25. The summed E-state index contributed by atoms with van der Waals surface area (Å²) in [6, 6.07) is 10.6. The summed E-state index contributed by atoms with van der Waals surface area (Å²) < 4.78 is 0. The van der Waals surface area contributed by atoms with Crippen molar-refractivity contribution in [2.24, 2.45) is 0 Å². The molecule has 3 rings (SSSR count). The van der Waals surface area contributed by atoms with Crippen molar-refractivity contribution in [1.82, 2.24) is 4.98 Å². The van der Waals surface area contributed by atoms with Crippen molar-refractivity contribution in [3.05, 3.63) is 70.0 Å². The first kappa shape index (κ1) is 16.0. The van der Waals surface area contributed by atoms with Gasteiger partial charge in [0.25, 0.3) is 5.69 Å². The van der Waals surface area contributed by atoms with E-state index in [0.29, 0.717) is 24.1 Å². The molecule has 0 spiro atoms. The van der Waals surface area contributed by atoms with Crippen LogP contribution in [-0.4, -0.2) is 21.5 Å². The lowest BCUT2D eigenvalue weighted by Crippen LogP contribution is -2.46. The maximum absolute atomic E-state index is 13.2. The number of nitro benzene ring substituents is 1. The number of pyridine rings is 1. The zero-order chi connectivity index (χ0) is 17.2. The second kappa shape index (κ2) is 6.31. The predicted molar refractivity (Wildman–Crippen MR) is 86.8 cm³/mol. The van der Waals surface area contributed by atoms with E-state index in [2.05, 4.69) is 4.98 Å². The normalized spacial score (nSPS) is 20.6. The second-order valence-electron chi connectivity index (χ2n) is 5.88. The summed E-state index contributed by atoms with van der Waals surface area (Å²) in [6.45, 7) is 0. The molecule has 6 heteroatoms. The minimum absolute atomic E-state index is 0.0894. The monoisotopic (exact) mass is 324 g/mol. The summed E-state index contributed by atoms with van der Waals surface area (Å²) >= 11 is 0. The van der Waals surface area contributed by atoms with Gasteiger partial charge in [-0.1, -0.05) is 12.5 Å². The number of hydrogen-bond donors (Lipinski definition) is 0. The first-order valence-corrected chi connectivity index (χ1v) is 7.80. The van der Waals surface area contributed by atoms with Gasteiger partial charge in [-0.3, -0.25) is 24.7 Å². The van der Waals surface area contributed by atoms with Crippen molar-refractivity contribution in [3.63, 3.8) is 0 Å². The first-order chi connectivity index (χ1) is 11.6. The molecule has 1 atom stereocenters. The zero-order valence-corrected chi connectivity index (χ0v) is 13.0. The highest BCUT2D eigenvalue weighted by molar-refractivity contribution is 6.19. The van der Waals surface area contributed by atoms with Crippen molar-refractivity contribution in [2.45, 2.75) is 31.1 Å². The van der Waals surface area contributed by atoms with Crippen LogP contribution in [0.25, 0.3) is 0 Å². The van der Waals surface area contributed by atoms with Crippen LogP contribution in [0.2, 0.25) is 0 Å². The molecule has 24 heavy (non-hydrogen) atoms. The largest absolute Gasteiger partial charge is 0.298 e. The van der Waals surface area contributed by atoms with E-state index in [1.165, 1.54) is 24.3 Å². The number of carbonyl (C=O) groups excluding carboxylic acids is 2. The molecule has 2 aromatic rings. The van der Waals surface area contributed by atoms with E-state index in [0.717, 1.165) is 12.8 Å². The second-order valence-corrected chi connectivity index (χ2v) is 5.88. The van der Waals surface area contributed by atoms with Crippen LogP contribution < -0.4 is 0 Å². The van der Waals surface area contributed by atoms with Gasteiger partial charge in [-0.05, 0) is 37.1 Å². The molecule has 0 amide bonds. The lowest BCUT2D eigenvalue weighted by molar-refractivity contribution is -0.384. The summed E-state index contributed by atoms with van der Waals surface area (Å²) in [7, 11) is 0. The number of benzene rings is 1. The van der Waals surface area contributed by atoms with E-state index >= 15 is 0 Å². The number of Topliss-reactive ketones (excluding diaryl/α,β-unsaturated/α-hetero) is 2. The topological polar surface area (TPSA) is 90.2 Å². The highest BCUT2D eigenvalue weighted by Crippen LogP contribution is 2.39. The Morgan fingerprint density at radius 1 is 1.12 bits per heavy atom. The van der Waals surface area contributed by atoms with Crippen LogP contribution in [0.3, 0.4) is 0 Å². The van der Waals surface area contributed by atoms with Crippen LogP contribution in [0.15, 0.2) is 48.7 Å². The molecule has 6 nitrogen and oxygen atoms in total. The number of aromatic nitrogens is 1. The van der Waals surface area contributed by atoms with Crippen molar-refractivity contribution in [3.8, 4) is 0 Å². The molecule has 0 radical (unpaired) electrons. The maximum Gasteiger partial charge on any atom is 0.269 e. The summed E-state index contributed by atoms with van der Waals surface area (Å²) in [5.41, 5.74) is -0.622.